The topological polar surface area (TPSA) is 181 Å². The average molecular weight is 375 g/mol. The van der Waals surface area contributed by atoms with E-state index < -0.39 is 26.4 Å². The first-order chi connectivity index (χ1) is 7.68. The second-order valence-electron chi connectivity index (χ2n) is 3.42. The Bertz CT molecular complexity index is 157. The maximum absolute atomic E-state index is 7.77. The van der Waals surface area contributed by atoms with Gasteiger partial charge in [0.2, 0.25) is 0 Å². The van der Waals surface area contributed by atoms with E-state index in [9.17, 15) is 0 Å². The molecule has 0 aromatic heterocycles. The Labute approximate surface area is 130 Å². The standard InChI is InChI=1S/C4H12O3Si.2CH6O3Si.2CH4.H2O/c1-5-8(4,6-2)7-3;2*1-5(2,3)4;;;/h1-4H3;2*2-4H,1H3;2*1H4;1H2. The lowest BCUT2D eigenvalue weighted by atomic mass is 11.8. The van der Waals surface area contributed by atoms with Crippen LogP contribution in [0.25, 0.3) is 0 Å². The van der Waals surface area contributed by atoms with Crippen LogP contribution < -0.4 is 0 Å². The van der Waals surface area contributed by atoms with Gasteiger partial charge in [-0.25, -0.2) is 0 Å². The molecule has 0 aromatic rings. The molecule has 0 spiro atoms. The van der Waals surface area contributed by atoms with E-state index in [1.807, 2.05) is 6.55 Å². The molecule has 0 aliphatic rings. The minimum absolute atomic E-state index is 0. The molecule has 138 valence electrons. The van der Waals surface area contributed by atoms with Gasteiger partial charge in [-0.3, -0.25) is 0 Å². The van der Waals surface area contributed by atoms with Crippen molar-refractivity contribution in [3.63, 3.8) is 0 Å². The smallest absolute Gasteiger partial charge is 0.412 e. The lowest BCUT2D eigenvalue weighted by Crippen LogP contribution is -2.38. The molecule has 10 nitrogen and oxygen atoms in total. The predicted molar refractivity (Wildman–Crippen MR) is 86.3 cm³/mol. The van der Waals surface area contributed by atoms with Gasteiger partial charge < -0.3 is 47.5 Å². The minimum atomic E-state index is -3.61. The molecule has 0 aliphatic carbocycles. The summed E-state index contributed by atoms with van der Waals surface area (Å²) < 4.78 is 14.8. The van der Waals surface area contributed by atoms with E-state index >= 15 is 0 Å². The zero-order valence-corrected chi connectivity index (χ0v) is 14.9. The largest absolute Gasteiger partial charge is 0.496 e. The van der Waals surface area contributed by atoms with Crippen molar-refractivity contribution >= 4 is 26.4 Å². The van der Waals surface area contributed by atoms with Crippen LogP contribution in [0.15, 0.2) is 0 Å². The summed E-state index contributed by atoms with van der Waals surface area (Å²) in [7, 11) is -4.65. The fourth-order valence-corrected chi connectivity index (χ4v) is 0.750. The zero-order valence-electron chi connectivity index (χ0n) is 11.9. The fourth-order valence-electron chi connectivity index (χ4n) is 0.250. The molecule has 0 aromatic carbocycles. The molecule has 0 aliphatic heterocycles. The van der Waals surface area contributed by atoms with Gasteiger partial charge in [0.1, 0.15) is 0 Å². The van der Waals surface area contributed by atoms with Crippen molar-refractivity contribution in [1.29, 1.82) is 0 Å². The third-order valence-corrected chi connectivity index (χ3v) is 3.34. The molecule has 0 bridgehead atoms. The SMILES string of the molecule is C.C.CO[Si](C)(OC)OC.C[Si](O)(O)O.C[Si](O)(O)O.O. The van der Waals surface area contributed by atoms with Crippen LogP contribution >= 0.6 is 0 Å². The summed E-state index contributed by atoms with van der Waals surface area (Å²) in [5.74, 6) is 0. The van der Waals surface area contributed by atoms with Crippen LogP contribution in [0, 0.1) is 0 Å². The Hall–Kier alpha value is 0.251. The highest BCUT2D eigenvalue weighted by Gasteiger charge is 2.29. The van der Waals surface area contributed by atoms with Gasteiger partial charge in [-0.2, -0.15) is 0 Å². The van der Waals surface area contributed by atoms with Crippen LogP contribution in [0.3, 0.4) is 0 Å². The monoisotopic (exact) mass is 374 g/mol. The summed E-state index contributed by atoms with van der Waals surface area (Å²) in [5.41, 5.74) is 0. The van der Waals surface area contributed by atoms with E-state index in [-0.39, 0.29) is 20.3 Å². The van der Waals surface area contributed by atoms with Gasteiger partial charge in [-0.15, -0.1) is 0 Å². The molecule has 0 amide bonds. The molecule has 0 atom stereocenters. The second kappa shape index (κ2) is 16.6. The number of rotatable bonds is 3. The summed E-state index contributed by atoms with van der Waals surface area (Å²) >= 11 is 0. The van der Waals surface area contributed by atoms with E-state index in [1.165, 1.54) is 0 Å². The van der Waals surface area contributed by atoms with Crippen molar-refractivity contribution in [2.75, 3.05) is 21.3 Å². The van der Waals surface area contributed by atoms with Gasteiger partial charge in [0.15, 0.2) is 0 Å². The third kappa shape index (κ3) is 78.8. The van der Waals surface area contributed by atoms with E-state index in [1.54, 1.807) is 21.3 Å². The van der Waals surface area contributed by atoms with E-state index in [4.69, 9.17) is 42.1 Å². The van der Waals surface area contributed by atoms with Crippen molar-refractivity contribution in [2.45, 2.75) is 34.5 Å². The van der Waals surface area contributed by atoms with Crippen LogP contribution in [0.5, 0.6) is 0 Å². The maximum Gasteiger partial charge on any atom is 0.496 e. The molecule has 13 heteroatoms. The van der Waals surface area contributed by atoms with E-state index in [0.29, 0.717) is 0 Å². The number of hydrogen-bond donors (Lipinski definition) is 6. The lowest BCUT2D eigenvalue weighted by molar-refractivity contribution is 0.132. The quantitative estimate of drug-likeness (QED) is 0.304. The molecule has 8 N–H and O–H groups in total. The highest BCUT2D eigenvalue weighted by molar-refractivity contribution is 6.59. The first-order valence-electron chi connectivity index (χ1n) is 4.68. The predicted octanol–water partition coefficient (Wildman–Crippen LogP) is -1.99. The molecule has 0 saturated heterocycles. The van der Waals surface area contributed by atoms with Crippen molar-refractivity contribution in [3.05, 3.63) is 0 Å². The Morgan fingerprint density at radius 3 is 0.667 bits per heavy atom. The van der Waals surface area contributed by atoms with Crippen molar-refractivity contribution in [1.82, 2.24) is 0 Å². The summed E-state index contributed by atoms with van der Waals surface area (Å²) in [6.45, 7) is 3.81. The molecule has 0 fully saturated rings. The summed E-state index contributed by atoms with van der Waals surface area (Å²) in [6, 6.07) is 0. The van der Waals surface area contributed by atoms with Crippen LogP contribution in [0.4, 0.5) is 0 Å². The highest BCUT2D eigenvalue weighted by Crippen LogP contribution is 2.02. The molecular weight excluding hydrogens is 340 g/mol. The molecule has 21 heavy (non-hydrogen) atoms. The zero-order chi connectivity index (χ0) is 15.6. The Morgan fingerprint density at radius 1 is 0.571 bits per heavy atom. The number of hydrogen-bond acceptors (Lipinski definition) is 9. The van der Waals surface area contributed by atoms with Gasteiger partial charge in [0.25, 0.3) is 0 Å². The minimum Gasteiger partial charge on any atom is -0.412 e. The third-order valence-electron chi connectivity index (χ3n) is 1.11. The van der Waals surface area contributed by atoms with Gasteiger partial charge in [0, 0.05) is 41.0 Å². The van der Waals surface area contributed by atoms with Crippen LogP contribution in [0.1, 0.15) is 14.9 Å². The average Bonchev–Trinajstić information content (AvgIpc) is 2.11. The highest BCUT2D eigenvalue weighted by atomic mass is 28.4. The molecule has 0 rings (SSSR count). The van der Waals surface area contributed by atoms with Crippen LogP contribution in [-0.2, 0) is 13.3 Å². The maximum atomic E-state index is 7.77. The molecular formula is C8H34O10Si3. The first kappa shape index (κ1) is 37.5. The van der Waals surface area contributed by atoms with Crippen molar-refractivity contribution < 1.29 is 47.5 Å². The van der Waals surface area contributed by atoms with E-state index in [2.05, 4.69) is 0 Å². The first-order valence-corrected chi connectivity index (χ1v) is 11.6. The normalized spacial score (nSPS) is 10.3. The Balaban J connectivity index is -0.0000000389. The summed E-state index contributed by atoms with van der Waals surface area (Å²) in [4.78, 5) is 46.6. The molecule has 0 unspecified atom stereocenters. The summed E-state index contributed by atoms with van der Waals surface area (Å²) in [6.07, 6.45) is 0. The summed E-state index contributed by atoms with van der Waals surface area (Å²) in [5, 5.41) is 0. The Morgan fingerprint density at radius 2 is 0.667 bits per heavy atom. The van der Waals surface area contributed by atoms with Gasteiger partial charge in [-0.1, -0.05) is 14.9 Å². The van der Waals surface area contributed by atoms with Gasteiger partial charge in [0.05, 0.1) is 0 Å². The molecule has 0 saturated carbocycles. The molecule has 0 heterocycles. The van der Waals surface area contributed by atoms with Crippen LogP contribution in [0.2, 0.25) is 19.6 Å². The second-order valence-corrected chi connectivity index (χ2v) is 10.2. The Kier molecular flexibility index (Phi) is 29.7. The van der Waals surface area contributed by atoms with Crippen molar-refractivity contribution in [3.8, 4) is 0 Å². The van der Waals surface area contributed by atoms with Gasteiger partial charge in [-0.05, 0) is 0 Å². The van der Waals surface area contributed by atoms with Crippen molar-refractivity contribution in [2.24, 2.45) is 0 Å². The molecule has 0 radical (unpaired) electrons. The van der Waals surface area contributed by atoms with E-state index in [0.717, 1.165) is 13.1 Å². The fraction of sp³-hybridized carbons (Fsp3) is 1.00. The van der Waals surface area contributed by atoms with Crippen LogP contribution in [-0.4, -0.2) is 82.0 Å². The van der Waals surface area contributed by atoms with Gasteiger partial charge >= 0.3 is 26.4 Å². The lowest BCUT2D eigenvalue weighted by Gasteiger charge is -2.18.